The Kier molecular flexibility index (Phi) is 4.63. The van der Waals surface area contributed by atoms with E-state index >= 15 is 0 Å². The molecule has 0 radical (unpaired) electrons. The number of methoxy groups -OCH3 is 1. The molecule has 0 aromatic heterocycles. The Labute approximate surface area is 112 Å². The van der Waals surface area contributed by atoms with Gasteiger partial charge in [-0.3, -0.25) is 4.79 Å². The van der Waals surface area contributed by atoms with E-state index in [1.165, 1.54) is 0 Å². The molecule has 1 aliphatic heterocycles. The third-order valence-corrected chi connectivity index (χ3v) is 3.05. The predicted molar refractivity (Wildman–Crippen MR) is 68.8 cm³/mol. The number of aliphatic carboxylic acids is 1. The van der Waals surface area contributed by atoms with E-state index in [0.717, 1.165) is 12.8 Å². The fourth-order valence-corrected chi connectivity index (χ4v) is 2.07. The SMILES string of the molecule is COc1cc(CC(=O)O)ccc1OC1CCOCC1. The van der Waals surface area contributed by atoms with E-state index in [1.807, 2.05) is 0 Å². The van der Waals surface area contributed by atoms with Gasteiger partial charge < -0.3 is 19.3 Å². The number of ether oxygens (including phenoxy) is 3. The van der Waals surface area contributed by atoms with Crippen molar-refractivity contribution >= 4 is 5.97 Å². The van der Waals surface area contributed by atoms with E-state index in [9.17, 15) is 4.79 Å². The summed E-state index contributed by atoms with van der Waals surface area (Å²) in [6.45, 7) is 1.42. The van der Waals surface area contributed by atoms with Crippen LogP contribution in [0.2, 0.25) is 0 Å². The monoisotopic (exact) mass is 266 g/mol. The van der Waals surface area contributed by atoms with Gasteiger partial charge >= 0.3 is 5.97 Å². The highest BCUT2D eigenvalue weighted by Crippen LogP contribution is 2.30. The molecule has 104 valence electrons. The number of hydrogen-bond donors (Lipinski definition) is 1. The average Bonchev–Trinajstić information content (AvgIpc) is 2.41. The second-order valence-electron chi connectivity index (χ2n) is 4.49. The molecule has 0 amide bonds. The lowest BCUT2D eigenvalue weighted by molar-refractivity contribution is -0.136. The molecule has 1 aromatic carbocycles. The van der Waals surface area contributed by atoms with Crippen LogP contribution < -0.4 is 9.47 Å². The zero-order valence-electron chi connectivity index (χ0n) is 10.9. The Morgan fingerprint density at radius 3 is 2.74 bits per heavy atom. The Bertz CT molecular complexity index is 437. The van der Waals surface area contributed by atoms with Gasteiger partial charge in [0.05, 0.1) is 26.7 Å². The summed E-state index contributed by atoms with van der Waals surface area (Å²) in [6.07, 6.45) is 1.83. The zero-order valence-corrected chi connectivity index (χ0v) is 10.9. The molecule has 0 unspecified atom stereocenters. The number of hydrogen-bond acceptors (Lipinski definition) is 4. The van der Waals surface area contributed by atoms with Gasteiger partial charge in [0.1, 0.15) is 6.10 Å². The smallest absolute Gasteiger partial charge is 0.307 e. The van der Waals surface area contributed by atoms with Crippen LogP contribution in [0.5, 0.6) is 11.5 Å². The Morgan fingerprint density at radius 1 is 1.37 bits per heavy atom. The van der Waals surface area contributed by atoms with Crippen molar-refractivity contribution in [2.45, 2.75) is 25.4 Å². The van der Waals surface area contributed by atoms with Crippen molar-refractivity contribution < 1.29 is 24.1 Å². The van der Waals surface area contributed by atoms with E-state index in [4.69, 9.17) is 19.3 Å². The highest BCUT2D eigenvalue weighted by Gasteiger charge is 2.17. The van der Waals surface area contributed by atoms with Gasteiger partial charge in [0, 0.05) is 12.8 Å². The van der Waals surface area contributed by atoms with Gasteiger partial charge in [-0.15, -0.1) is 0 Å². The molecule has 0 saturated carbocycles. The van der Waals surface area contributed by atoms with Crippen molar-refractivity contribution in [1.82, 2.24) is 0 Å². The maximum Gasteiger partial charge on any atom is 0.307 e. The molecule has 0 aliphatic carbocycles. The van der Waals surface area contributed by atoms with E-state index < -0.39 is 5.97 Å². The fourth-order valence-electron chi connectivity index (χ4n) is 2.07. The van der Waals surface area contributed by atoms with Crippen LogP contribution in [0, 0.1) is 0 Å². The van der Waals surface area contributed by atoms with E-state index in [2.05, 4.69) is 0 Å². The summed E-state index contributed by atoms with van der Waals surface area (Å²) in [5.41, 5.74) is 0.698. The predicted octanol–water partition coefficient (Wildman–Crippen LogP) is 1.88. The molecular weight excluding hydrogens is 248 g/mol. The molecule has 1 N–H and O–H groups in total. The molecule has 1 fully saturated rings. The van der Waals surface area contributed by atoms with Gasteiger partial charge in [0.25, 0.3) is 0 Å². The van der Waals surface area contributed by atoms with Crippen LogP contribution in [0.4, 0.5) is 0 Å². The summed E-state index contributed by atoms with van der Waals surface area (Å²) in [6, 6.07) is 5.24. The molecule has 0 bridgehead atoms. The van der Waals surface area contributed by atoms with Gasteiger partial charge in [-0.1, -0.05) is 6.07 Å². The lowest BCUT2D eigenvalue weighted by atomic mass is 10.1. The molecule has 2 rings (SSSR count). The van der Waals surface area contributed by atoms with Crippen LogP contribution >= 0.6 is 0 Å². The molecular formula is C14H18O5. The maximum atomic E-state index is 10.7. The van der Waals surface area contributed by atoms with Crippen LogP contribution in [-0.4, -0.2) is 37.5 Å². The Balaban J connectivity index is 2.08. The van der Waals surface area contributed by atoms with E-state index in [0.29, 0.717) is 30.3 Å². The molecule has 19 heavy (non-hydrogen) atoms. The molecule has 1 aromatic rings. The normalized spacial score (nSPS) is 16.1. The summed E-state index contributed by atoms with van der Waals surface area (Å²) in [7, 11) is 1.55. The van der Waals surface area contributed by atoms with Crippen LogP contribution in [0.3, 0.4) is 0 Å². The van der Waals surface area contributed by atoms with Crippen LogP contribution in [0.1, 0.15) is 18.4 Å². The summed E-state index contributed by atoms with van der Waals surface area (Å²) in [5.74, 6) is 0.369. The van der Waals surface area contributed by atoms with Crippen molar-refractivity contribution in [2.75, 3.05) is 20.3 Å². The first kappa shape index (κ1) is 13.7. The maximum absolute atomic E-state index is 10.7. The quantitative estimate of drug-likeness (QED) is 0.881. The number of carbonyl (C=O) groups is 1. The molecule has 1 aliphatic rings. The van der Waals surface area contributed by atoms with Crippen molar-refractivity contribution in [3.63, 3.8) is 0 Å². The van der Waals surface area contributed by atoms with Crippen LogP contribution in [0.15, 0.2) is 18.2 Å². The minimum absolute atomic E-state index is 0.0199. The lowest BCUT2D eigenvalue weighted by Crippen LogP contribution is -2.26. The van der Waals surface area contributed by atoms with Gasteiger partial charge in [-0.2, -0.15) is 0 Å². The minimum atomic E-state index is -0.861. The van der Waals surface area contributed by atoms with Crippen molar-refractivity contribution in [3.05, 3.63) is 23.8 Å². The van der Waals surface area contributed by atoms with Crippen molar-refractivity contribution in [3.8, 4) is 11.5 Å². The molecule has 0 spiro atoms. The number of benzene rings is 1. The highest BCUT2D eigenvalue weighted by molar-refractivity contribution is 5.70. The fraction of sp³-hybridized carbons (Fsp3) is 0.500. The van der Waals surface area contributed by atoms with Crippen LogP contribution in [0.25, 0.3) is 0 Å². The third kappa shape index (κ3) is 3.86. The lowest BCUT2D eigenvalue weighted by Gasteiger charge is -2.24. The first-order valence-corrected chi connectivity index (χ1v) is 6.32. The first-order chi connectivity index (χ1) is 9.19. The largest absolute Gasteiger partial charge is 0.493 e. The minimum Gasteiger partial charge on any atom is -0.493 e. The summed E-state index contributed by atoms with van der Waals surface area (Å²) in [5, 5.41) is 8.77. The molecule has 0 atom stereocenters. The second-order valence-corrected chi connectivity index (χ2v) is 4.49. The number of carboxylic acid groups (broad SMARTS) is 1. The average molecular weight is 266 g/mol. The van der Waals surface area contributed by atoms with Gasteiger partial charge in [-0.25, -0.2) is 0 Å². The van der Waals surface area contributed by atoms with Gasteiger partial charge in [0.2, 0.25) is 0 Å². The van der Waals surface area contributed by atoms with E-state index in [-0.39, 0.29) is 12.5 Å². The topological polar surface area (TPSA) is 65.0 Å². The summed E-state index contributed by atoms with van der Waals surface area (Å²) in [4.78, 5) is 10.7. The highest BCUT2D eigenvalue weighted by atomic mass is 16.5. The zero-order chi connectivity index (χ0) is 13.7. The molecule has 1 saturated heterocycles. The Hall–Kier alpha value is -1.75. The number of carboxylic acids is 1. The molecule has 5 nitrogen and oxygen atoms in total. The molecule has 1 heterocycles. The summed E-state index contributed by atoms with van der Waals surface area (Å²) >= 11 is 0. The summed E-state index contributed by atoms with van der Waals surface area (Å²) < 4.78 is 16.4. The van der Waals surface area contributed by atoms with Gasteiger partial charge in [-0.05, 0) is 17.7 Å². The van der Waals surface area contributed by atoms with Crippen LogP contribution in [-0.2, 0) is 16.0 Å². The number of rotatable bonds is 5. The van der Waals surface area contributed by atoms with Crippen molar-refractivity contribution in [2.24, 2.45) is 0 Å². The molecule has 5 heteroatoms. The standard InChI is InChI=1S/C14H18O5/c1-17-13-8-10(9-14(15)16)2-3-12(13)19-11-4-6-18-7-5-11/h2-3,8,11H,4-7,9H2,1H3,(H,15,16). The van der Waals surface area contributed by atoms with E-state index in [1.54, 1.807) is 25.3 Å². The van der Waals surface area contributed by atoms with Gasteiger partial charge in [0.15, 0.2) is 11.5 Å². The first-order valence-electron chi connectivity index (χ1n) is 6.32. The Morgan fingerprint density at radius 2 is 2.11 bits per heavy atom. The van der Waals surface area contributed by atoms with Crippen molar-refractivity contribution in [1.29, 1.82) is 0 Å². The third-order valence-electron chi connectivity index (χ3n) is 3.05. The second kappa shape index (κ2) is 6.43.